The molecule has 2 heterocycles. The van der Waals surface area contributed by atoms with Gasteiger partial charge in [0, 0.05) is 29.0 Å². The molecule has 1 aromatic carbocycles. The van der Waals surface area contributed by atoms with Gasteiger partial charge in [-0.1, -0.05) is 19.1 Å². The third-order valence-electron chi connectivity index (χ3n) is 3.36. The Kier molecular flexibility index (Phi) is 3.48. The van der Waals surface area contributed by atoms with Crippen LogP contribution in [0.1, 0.15) is 18.9 Å². The molecule has 0 unspecified atom stereocenters. The minimum absolute atomic E-state index is 0.737. The Morgan fingerprint density at radius 2 is 2.29 bits per heavy atom. The van der Waals surface area contributed by atoms with Crippen LogP contribution in [0.4, 0.5) is 0 Å². The number of aromatic nitrogens is 3. The molecule has 0 amide bonds. The predicted octanol–water partition coefficient (Wildman–Crippen LogP) is 3.74. The molecule has 0 atom stereocenters. The average Bonchev–Trinajstić information content (AvgIpc) is 2.97. The van der Waals surface area contributed by atoms with Gasteiger partial charge in [-0.25, -0.2) is 9.97 Å². The molecule has 2 aromatic heterocycles. The number of benzene rings is 1. The molecule has 0 aliphatic carbocycles. The van der Waals surface area contributed by atoms with Crippen molar-refractivity contribution in [3.05, 3.63) is 60.2 Å². The first kappa shape index (κ1) is 13.1. The normalized spacial score (nSPS) is 11.5. The van der Waals surface area contributed by atoms with Crippen LogP contribution in [0.3, 0.4) is 0 Å². The Bertz CT molecular complexity index is 852. The van der Waals surface area contributed by atoms with E-state index in [0.29, 0.717) is 0 Å². The third kappa shape index (κ3) is 2.54. The highest BCUT2D eigenvalue weighted by molar-refractivity contribution is 5.77. The van der Waals surface area contributed by atoms with Crippen LogP contribution in [-0.2, 0) is 0 Å². The fourth-order valence-electron chi connectivity index (χ4n) is 2.27. The van der Waals surface area contributed by atoms with Gasteiger partial charge in [0.1, 0.15) is 12.0 Å². The minimum Gasteiger partial charge on any atom is -0.301 e. The SMILES string of the molecule is CC/C(C#N)=C/c1cccc(-n2ccc3cncnc32)c1. The second-order valence-electron chi connectivity index (χ2n) is 4.72. The molecule has 0 saturated heterocycles. The van der Waals surface area contributed by atoms with Crippen molar-refractivity contribution in [2.45, 2.75) is 13.3 Å². The van der Waals surface area contributed by atoms with Crippen LogP contribution in [0.15, 0.2) is 54.6 Å². The summed E-state index contributed by atoms with van der Waals surface area (Å²) in [6.45, 7) is 1.98. The van der Waals surface area contributed by atoms with Crippen LogP contribution >= 0.6 is 0 Å². The summed E-state index contributed by atoms with van der Waals surface area (Å²) in [6.07, 6.45) is 7.98. The van der Waals surface area contributed by atoms with Gasteiger partial charge in [0.15, 0.2) is 0 Å². The topological polar surface area (TPSA) is 54.5 Å². The lowest BCUT2D eigenvalue weighted by atomic mass is 10.1. The second-order valence-corrected chi connectivity index (χ2v) is 4.72. The van der Waals surface area contributed by atoms with E-state index >= 15 is 0 Å². The number of nitriles is 1. The molecule has 21 heavy (non-hydrogen) atoms. The van der Waals surface area contributed by atoms with E-state index in [2.05, 4.69) is 22.1 Å². The van der Waals surface area contributed by atoms with Gasteiger partial charge in [0.05, 0.1) is 6.07 Å². The van der Waals surface area contributed by atoms with Crippen molar-refractivity contribution in [2.24, 2.45) is 0 Å². The highest BCUT2D eigenvalue weighted by atomic mass is 15.0. The molecule has 102 valence electrons. The molecule has 4 nitrogen and oxygen atoms in total. The van der Waals surface area contributed by atoms with Crippen molar-refractivity contribution in [1.82, 2.24) is 14.5 Å². The highest BCUT2D eigenvalue weighted by Gasteiger charge is 2.04. The van der Waals surface area contributed by atoms with Crippen LogP contribution in [0.5, 0.6) is 0 Å². The van der Waals surface area contributed by atoms with Crippen LogP contribution in [-0.4, -0.2) is 14.5 Å². The minimum atomic E-state index is 0.737. The molecule has 0 bridgehead atoms. The Labute approximate surface area is 123 Å². The molecule has 0 spiro atoms. The first-order valence-electron chi connectivity index (χ1n) is 6.80. The van der Waals surface area contributed by atoms with E-state index in [9.17, 15) is 0 Å². The summed E-state index contributed by atoms with van der Waals surface area (Å²) in [7, 11) is 0. The molecule has 3 aromatic rings. The summed E-state index contributed by atoms with van der Waals surface area (Å²) in [6, 6.07) is 12.3. The van der Waals surface area contributed by atoms with Crippen molar-refractivity contribution in [2.75, 3.05) is 0 Å². The predicted molar refractivity (Wildman–Crippen MR) is 82.7 cm³/mol. The van der Waals surface area contributed by atoms with Gasteiger partial charge in [-0.3, -0.25) is 0 Å². The van der Waals surface area contributed by atoms with Gasteiger partial charge in [-0.2, -0.15) is 5.26 Å². The Balaban J connectivity index is 2.08. The molecule has 0 aliphatic heterocycles. The van der Waals surface area contributed by atoms with Crippen molar-refractivity contribution in [3.8, 4) is 11.8 Å². The molecular weight excluding hydrogens is 260 g/mol. The third-order valence-corrected chi connectivity index (χ3v) is 3.36. The van der Waals surface area contributed by atoms with E-state index in [-0.39, 0.29) is 0 Å². The quantitative estimate of drug-likeness (QED) is 0.684. The van der Waals surface area contributed by atoms with Crippen LogP contribution < -0.4 is 0 Å². The molecule has 0 N–H and O–H groups in total. The average molecular weight is 274 g/mol. The maximum atomic E-state index is 9.04. The number of fused-ring (bicyclic) bond motifs is 1. The number of hydrogen-bond acceptors (Lipinski definition) is 3. The summed E-state index contributed by atoms with van der Waals surface area (Å²) in [4.78, 5) is 8.35. The van der Waals surface area contributed by atoms with E-state index in [1.807, 2.05) is 48.0 Å². The highest BCUT2D eigenvalue weighted by Crippen LogP contribution is 2.19. The molecule has 4 heteroatoms. The molecular formula is C17H14N4. The Hall–Kier alpha value is -2.93. The summed E-state index contributed by atoms with van der Waals surface area (Å²) < 4.78 is 2.02. The van der Waals surface area contributed by atoms with Crippen molar-refractivity contribution < 1.29 is 0 Å². The van der Waals surface area contributed by atoms with E-state index in [1.165, 1.54) is 0 Å². The Morgan fingerprint density at radius 1 is 1.38 bits per heavy atom. The molecule has 0 radical (unpaired) electrons. The van der Waals surface area contributed by atoms with Gasteiger partial charge in [0.25, 0.3) is 0 Å². The fraction of sp³-hybridized carbons (Fsp3) is 0.118. The van der Waals surface area contributed by atoms with Gasteiger partial charge in [-0.15, -0.1) is 0 Å². The van der Waals surface area contributed by atoms with E-state index in [4.69, 9.17) is 5.26 Å². The zero-order chi connectivity index (χ0) is 14.7. The maximum absolute atomic E-state index is 9.04. The van der Waals surface area contributed by atoms with Gasteiger partial charge >= 0.3 is 0 Å². The number of rotatable bonds is 3. The fourth-order valence-corrected chi connectivity index (χ4v) is 2.27. The van der Waals surface area contributed by atoms with Gasteiger partial charge < -0.3 is 4.57 Å². The van der Waals surface area contributed by atoms with E-state index < -0.39 is 0 Å². The van der Waals surface area contributed by atoms with E-state index in [1.54, 1.807) is 12.5 Å². The smallest absolute Gasteiger partial charge is 0.147 e. The zero-order valence-corrected chi connectivity index (χ0v) is 11.7. The van der Waals surface area contributed by atoms with Crippen molar-refractivity contribution in [3.63, 3.8) is 0 Å². The summed E-state index contributed by atoms with van der Waals surface area (Å²) in [5, 5.41) is 10.0. The van der Waals surface area contributed by atoms with Crippen molar-refractivity contribution >= 4 is 17.1 Å². The van der Waals surface area contributed by atoms with E-state index in [0.717, 1.165) is 34.3 Å². The first-order chi connectivity index (χ1) is 10.3. The first-order valence-corrected chi connectivity index (χ1v) is 6.80. The molecule has 0 fully saturated rings. The number of hydrogen-bond donors (Lipinski definition) is 0. The summed E-state index contributed by atoms with van der Waals surface area (Å²) >= 11 is 0. The van der Waals surface area contributed by atoms with Crippen molar-refractivity contribution in [1.29, 1.82) is 5.26 Å². The zero-order valence-electron chi connectivity index (χ0n) is 11.7. The van der Waals surface area contributed by atoms with Crippen LogP contribution in [0, 0.1) is 11.3 Å². The summed E-state index contributed by atoms with van der Waals surface area (Å²) in [5.74, 6) is 0. The van der Waals surface area contributed by atoms with Gasteiger partial charge in [0.2, 0.25) is 0 Å². The second kappa shape index (κ2) is 5.59. The standard InChI is InChI=1S/C17H14N4/c1-2-13(10-18)8-14-4-3-5-16(9-14)21-7-6-15-11-19-12-20-17(15)21/h3-9,11-12H,2H2,1H3/b13-8-. The Morgan fingerprint density at radius 3 is 3.10 bits per heavy atom. The monoisotopic (exact) mass is 274 g/mol. The maximum Gasteiger partial charge on any atom is 0.147 e. The lowest BCUT2D eigenvalue weighted by Gasteiger charge is -2.06. The lowest BCUT2D eigenvalue weighted by molar-refractivity contribution is 1.07. The number of allylic oxidation sites excluding steroid dienone is 1. The molecule has 3 rings (SSSR count). The van der Waals surface area contributed by atoms with Crippen LogP contribution in [0.25, 0.3) is 22.8 Å². The molecule has 0 saturated carbocycles. The van der Waals surface area contributed by atoms with Gasteiger partial charge in [-0.05, 0) is 36.3 Å². The largest absolute Gasteiger partial charge is 0.301 e. The number of nitrogens with zero attached hydrogens (tertiary/aromatic N) is 4. The lowest BCUT2D eigenvalue weighted by Crippen LogP contribution is -1.94. The molecule has 0 aliphatic rings. The summed E-state index contributed by atoms with van der Waals surface area (Å²) in [5.41, 5.74) is 3.68. The van der Waals surface area contributed by atoms with Crippen LogP contribution in [0.2, 0.25) is 0 Å².